The number of methoxy groups -OCH3 is 2. The van der Waals surface area contributed by atoms with Gasteiger partial charge in [-0.15, -0.1) is 0 Å². The lowest BCUT2D eigenvalue weighted by Gasteiger charge is -2.25. The van der Waals surface area contributed by atoms with Crippen LogP contribution in [-0.2, 0) is 16.6 Å². The fourth-order valence-electron chi connectivity index (χ4n) is 3.59. The molecule has 10 heteroatoms. The highest BCUT2D eigenvalue weighted by atomic mass is 35.5. The summed E-state index contributed by atoms with van der Waals surface area (Å²) in [5.41, 5.74) is 3.75. The molecule has 0 aliphatic carbocycles. The van der Waals surface area contributed by atoms with Crippen molar-refractivity contribution in [3.63, 3.8) is 0 Å². The second-order valence-electron chi connectivity index (χ2n) is 8.48. The van der Waals surface area contributed by atoms with Crippen molar-refractivity contribution < 1.29 is 27.4 Å². The number of aryl methyl sites for hydroxylation is 2. The van der Waals surface area contributed by atoms with Crippen LogP contribution in [0.5, 0.6) is 17.2 Å². The molecular weight excluding hydrogens is 516 g/mol. The zero-order chi connectivity index (χ0) is 27.2. The van der Waals surface area contributed by atoms with Gasteiger partial charge in [0, 0.05) is 17.7 Å². The van der Waals surface area contributed by atoms with Gasteiger partial charge in [-0.2, -0.15) is 0 Å². The van der Waals surface area contributed by atoms with Crippen LogP contribution in [0.15, 0.2) is 54.6 Å². The van der Waals surface area contributed by atoms with Gasteiger partial charge in [0.05, 0.1) is 44.3 Å². The molecule has 1 amide bonds. The van der Waals surface area contributed by atoms with Crippen molar-refractivity contribution in [3.8, 4) is 17.2 Å². The van der Waals surface area contributed by atoms with Crippen LogP contribution >= 0.6 is 11.6 Å². The van der Waals surface area contributed by atoms with E-state index < -0.39 is 10.0 Å². The minimum atomic E-state index is -3.69. The van der Waals surface area contributed by atoms with E-state index in [2.05, 4.69) is 5.32 Å². The quantitative estimate of drug-likeness (QED) is 0.349. The summed E-state index contributed by atoms with van der Waals surface area (Å²) < 4.78 is 42.9. The van der Waals surface area contributed by atoms with Crippen molar-refractivity contribution in [1.29, 1.82) is 0 Å². The Balaban J connectivity index is 1.66. The Bertz CT molecular complexity index is 1360. The predicted molar refractivity (Wildman–Crippen MR) is 146 cm³/mol. The van der Waals surface area contributed by atoms with Crippen LogP contribution in [0.3, 0.4) is 0 Å². The number of rotatable bonds is 11. The van der Waals surface area contributed by atoms with Crippen LogP contribution in [0.25, 0.3) is 0 Å². The summed E-state index contributed by atoms with van der Waals surface area (Å²) in [4.78, 5) is 12.5. The van der Waals surface area contributed by atoms with E-state index in [0.717, 1.165) is 17.6 Å². The summed E-state index contributed by atoms with van der Waals surface area (Å²) in [6, 6.07) is 15.6. The molecule has 0 aliphatic heterocycles. The molecule has 0 saturated heterocycles. The largest absolute Gasteiger partial charge is 0.495 e. The second kappa shape index (κ2) is 12.2. The first kappa shape index (κ1) is 28.1. The third kappa shape index (κ3) is 7.30. The van der Waals surface area contributed by atoms with Crippen molar-refractivity contribution in [2.75, 3.05) is 37.9 Å². The van der Waals surface area contributed by atoms with Gasteiger partial charge in [0.15, 0.2) is 0 Å². The number of ether oxygens (including phenoxy) is 3. The number of hydrogen-bond acceptors (Lipinski definition) is 6. The van der Waals surface area contributed by atoms with Crippen molar-refractivity contribution in [3.05, 3.63) is 81.9 Å². The maximum absolute atomic E-state index is 12.7. The lowest BCUT2D eigenvalue weighted by molar-refractivity contribution is 0.0947. The summed E-state index contributed by atoms with van der Waals surface area (Å²) >= 11 is 6.18. The molecule has 0 aliphatic rings. The van der Waals surface area contributed by atoms with E-state index in [1.807, 2.05) is 32.0 Å². The van der Waals surface area contributed by atoms with Crippen LogP contribution in [0.1, 0.15) is 27.0 Å². The minimum absolute atomic E-state index is 0.0195. The zero-order valence-electron chi connectivity index (χ0n) is 21.5. The van der Waals surface area contributed by atoms with Gasteiger partial charge in [-0.05, 0) is 54.8 Å². The molecule has 0 spiro atoms. The molecule has 8 nitrogen and oxygen atoms in total. The number of sulfonamides is 1. The standard InChI is InChI=1S/C27H31ClN2O6S/c1-18-6-11-22(14-19(18)2)36-13-12-29-27(31)21-9-7-20(8-10-21)17-30(37(5,32)33)24-16-25(34-3)23(28)15-26(24)35-4/h6-11,14-16H,12-13,17H2,1-5H3,(H,29,31). The number of halogens is 1. The van der Waals surface area contributed by atoms with E-state index in [-0.39, 0.29) is 23.9 Å². The molecule has 0 saturated carbocycles. The highest BCUT2D eigenvalue weighted by Gasteiger charge is 2.24. The van der Waals surface area contributed by atoms with Gasteiger partial charge in [-0.3, -0.25) is 9.10 Å². The molecule has 3 aromatic carbocycles. The third-order valence-electron chi connectivity index (χ3n) is 5.80. The average molecular weight is 547 g/mol. The smallest absolute Gasteiger partial charge is 0.251 e. The molecule has 37 heavy (non-hydrogen) atoms. The normalized spacial score (nSPS) is 11.1. The van der Waals surface area contributed by atoms with E-state index in [9.17, 15) is 13.2 Å². The summed E-state index contributed by atoms with van der Waals surface area (Å²) in [5, 5.41) is 3.12. The SMILES string of the molecule is COc1cc(N(Cc2ccc(C(=O)NCCOc3ccc(C)c(C)c3)cc2)S(C)(=O)=O)c(OC)cc1Cl. The van der Waals surface area contributed by atoms with Gasteiger partial charge in [-0.1, -0.05) is 29.8 Å². The van der Waals surface area contributed by atoms with Gasteiger partial charge in [0.1, 0.15) is 23.9 Å². The van der Waals surface area contributed by atoms with E-state index >= 15 is 0 Å². The Kier molecular flexibility index (Phi) is 9.29. The number of amides is 1. The highest BCUT2D eigenvalue weighted by molar-refractivity contribution is 7.92. The third-order valence-corrected chi connectivity index (χ3v) is 7.22. The number of nitrogens with one attached hydrogen (secondary N) is 1. The molecule has 0 unspecified atom stereocenters. The van der Waals surface area contributed by atoms with Crippen LogP contribution in [0.4, 0.5) is 5.69 Å². The molecule has 1 N–H and O–H groups in total. The number of hydrogen-bond donors (Lipinski definition) is 1. The molecule has 0 heterocycles. The number of carbonyl (C=O) groups excluding carboxylic acids is 1. The predicted octanol–water partition coefficient (Wildman–Crippen LogP) is 4.75. The molecule has 0 atom stereocenters. The summed E-state index contributed by atoms with van der Waals surface area (Å²) in [7, 11) is -0.816. The molecule has 0 fully saturated rings. The molecule has 3 rings (SSSR count). The van der Waals surface area contributed by atoms with Crippen molar-refractivity contribution >= 4 is 33.2 Å². The maximum Gasteiger partial charge on any atom is 0.251 e. The van der Waals surface area contributed by atoms with Gasteiger partial charge in [0.25, 0.3) is 5.91 Å². The van der Waals surface area contributed by atoms with Gasteiger partial charge >= 0.3 is 0 Å². The van der Waals surface area contributed by atoms with Crippen LogP contribution in [0, 0.1) is 13.8 Å². The molecular formula is C27H31ClN2O6S. The lowest BCUT2D eigenvalue weighted by atomic mass is 10.1. The van der Waals surface area contributed by atoms with Gasteiger partial charge in [-0.25, -0.2) is 8.42 Å². The van der Waals surface area contributed by atoms with E-state index in [0.29, 0.717) is 35.1 Å². The Hall–Kier alpha value is -3.43. The zero-order valence-corrected chi connectivity index (χ0v) is 23.1. The Morgan fingerprint density at radius 2 is 1.62 bits per heavy atom. The van der Waals surface area contributed by atoms with Crippen molar-refractivity contribution in [1.82, 2.24) is 5.32 Å². The fourth-order valence-corrected chi connectivity index (χ4v) is 4.70. The molecule has 3 aromatic rings. The van der Waals surface area contributed by atoms with Crippen LogP contribution < -0.4 is 23.8 Å². The van der Waals surface area contributed by atoms with Crippen LogP contribution in [-0.4, -0.2) is 48.0 Å². The number of benzene rings is 3. The molecule has 0 aromatic heterocycles. The van der Waals surface area contributed by atoms with Gasteiger partial charge in [0.2, 0.25) is 10.0 Å². The first-order valence-electron chi connectivity index (χ1n) is 11.5. The lowest BCUT2D eigenvalue weighted by Crippen LogP contribution is -2.30. The summed E-state index contributed by atoms with van der Waals surface area (Å²) in [5.74, 6) is 1.11. The fraction of sp³-hybridized carbons (Fsp3) is 0.296. The highest BCUT2D eigenvalue weighted by Crippen LogP contribution is 2.39. The molecule has 0 bridgehead atoms. The first-order chi connectivity index (χ1) is 17.5. The van der Waals surface area contributed by atoms with E-state index in [4.69, 9.17) is 25.8 Å². The van der Waals surface area contributed by atoms with Crippen LogP contribution in [0.2, 0.25) is 5.02 Å². The number of nitrogens with zero attached hydrogens (tertiary/aromatic N) is 1. The topological polar surface area (TPSA) is 94.2 Å². The number of carbonyl (C=O) groups is 1. The average Bonchev–Trinajstić information content (AvgIpc) is 2.86. The maximum atomic E-state index is 12.7. The minimum Gasteiger partial charge on any atom is -0.495 e. The number of anilines is 1. The van der Waals surface area contributed by atoms with E-state index in [1.165, 1.54) is 36.2 Å². The van der Waals surface area contributed by atoms with Crippen molar-refractivity contribution in [2.24, 2.45) is 0 Å². The summed E-state index contributed by atoms with van der Waals surface area (Å²) in [6.07, 6.45) is 1.11. The molecule has 0 radical (unpaired) electrons. The Labute approximate surface area is 223 Å². The summed E-state index contributed by atoms with van der Waals surface area (Å²) in [6.45, 7) is 4.75. The van der Waals surface area contributed by atoms with E-state index in [1.54, 1.807) is 24.3 Å². The Morgan fingerprint density at radius 3 is 2.22 bits per heavy atom. The second-order valence-corrected chi connectivity index (χ2v) is 10.8. The monoisotopic (exact) mass is 546 g/mol. The molecule has 198 valence electrons. The Morgan fingerprint density at radius 1 is 0.946 bits per heavy atom. The van der Waals surface area contributed by atoms with Gasteiger partial charge < -0.3 is 19.5 Å². The van der Waals surface area contributed by atoms with Crippen molar-refractivity contribution in [2.45, 2.75) is 20.4 Å². The first-order valence-corrected chi connectivity index (χ1v) is 13.7.